The maximum atomic E-state index is 13.0. The van der Waals surface area contributed by atoms with Crippen molar-refractivity contribution in [2.45, 2.75) is 45.6 Å². The number of fused-ring (bicyclic) bond motifs is 1. The van der Waals surface area contributed by atoms with E-state index in [-0.39, 0.29) is 17.9 Å². The van der Waals surface area contributed by atoms with Crippen LogP contribution in [-0.2, 0) is 0 Å². The van der Waals surface area contributed by atoms with Crippen molar-refractivity contribution in [3.63, 3.8) is 0 Å². The van der Waals surface area contributed by atoms with Crippen LogP contribution < -0.4 is 0 Å². The largest absolute Gasteiger partial charge is 0.339 e. The van der Waals surface area contributed by atoms with E-state index in [2.05, 4.69) is 15.1 Å². The van der Waals surface area contributed by atoms with Gasteiger partial charge in [-0.3, -0.25) is 4.79 Å². The Morgan fingerprint density at radius 2 is 2.16 bits per heavy atom. The standard InChI is InChI=1S/C18H21N5O2/c1-11(2)17-20-16(21-25-17)14-7-5-9-22(14)18(24)13-10-23-12(3)6-4-8-15(23)19-13/h4,6,8,10-11,14H,5,7,9H2,1-3H3/t14-/m0/s1. The molecule has 0 bridgehead atoms. The zero-order valence-electron chi connectivity index (χ0n) is 14.6. The second-order valence-corrected chi connectivity index (χ2v) is 6.82. The lowest BCUT2D eigenvalue weighted by Gasteiger charge is -2.21. The Labute approximate surface area is 145 Å². The number of likely N-dealkylation sites (tertiary alicyclic amines) is 1. The van der Waals surface area contributed by atoms with E-state index >= 15 is 0 Å². The van der Waals surface area contributed by atoms with Crippen LogP contribution in [0.5, 0.6) is 0 Å². The van der Waals surface area contributed by atoms with Crippen molar-refractivity contribution in [1.82, 2.24) is 24.4 Å². The monoisotopic (exact) mass is 339 g/mol. The third-order valence-electron chi connectivity index (χ3n) is 4.68. The zero-order valence-corrected chi connectivity index (χ0v) is 14.6. The van der Waals surface area contributed by atoms with Crippen LogP contribution in [0.15, 0.2) is 28.9 Å². The van der Waals surface area contributed by atoms with E-state index in [1.807, 2.05) is 48.3 Å². The van der Waals surface area contributed by atoms with Crippen LogP contribution in [0.4, 0.5) is 0 Å². The molecule has 1 amide bonds. The molecule has 3 aromatic rings. The lowest BCUT2D eigenvalue weighted by Crippen LogP contribution is -2.31. The molecule has 0 spiro atoms. The normalized spacial score (nSPS) is 17.8. The Bertz CT molecular complexity index is 927. The van der Waals surface area contributed by atoms with Gasteiger partial charge in [-0.05, 0) is 31.9 Å². The minimum Gasteiger partial charge on any atom is -0.339 e. The summed E-state index contributed by atoms with van der Waals surface area (Å²) in [4.78, 5) is 23.8. The molecule has 1 aliphatic rings. The lowest BCUT2D eigenvalue weighted by molar-refractivity contribution is 0.0723. The molecule has 7 nitrogen and oxygen atoms in total. The van der Waals surface area contributed by atoms with Crippen molar-refractivity contribution < 1.29 is 9.32 Å². The topological polar surface area (TPSA) is 76.5 Å². The SMILES string of the molecule is Cc1cccc2nc(C(=O)N3CCC[C@H]3c3noc(C(C)C)n3)cn12. The first-order valence-electron chi connectivity index (χ1n) is 8.64. The van der Waals surface area contributed by atoms with E-state index < -0.39 is 0 Å². The summed E-state index contributed by atoms with van der Waals surface area (Å²) in [6.07, 6.45) is 3.57. The number of rotatable bonds is 3. The molecule has 1 fully saturated rings. The second-order valence-electron chi connectivity index (χ2n) is 6.82. The maximum Gasteiger partial charge on any atom is 0.274 e. The highest BCUT2D eigenvalue weighted by Gasteiger charge is 2.35. The quantitative estimate of drug-likeness (QED) is 0.733. The number of nitrogens with zero attached hydrogens (tertiary/aromatic N) is 5. The van der Waals surface area contributed by atoms with Crippen LogP contribution in [0, 0.1) is 6.92 Å². The van der Waals surface area contributed by atoms with Crippen molar-refractivity contribution in [3.05, 3.63) is 47.5 Å². The molecule has 0 N–H and O–H groups in total. The fraction of sp³-hybridized carbons (Fsp3) is 0.444. The fourth-order valence-electron chi connectivity index (χ4n) is 3.29. The van der Waals surface area contributed by atoms with Gasteiger partial charge in [0.05, 0.1) is 6.04 Å². The number of carbonyl (C=O) groups is 1. The first-order chi connectivity index (χ1) is 12.0. The summed E-state index contributed by atoms with van der Waals surface area (Å²) < 4.78 is 7.25. The summed E-state index contributed by atoms with van der Waals surface area (Å²) in [6, 6.07) is 5.69. The van der Waals surface area contributed by atoms with Crippen molar-refractivity contribution in [2.24, 2.45) is 0 Å². The van der Waals surface area contributed by atoms with Crippen molar-refractivity contribution in [2.75, 3.05) is 6.54 Å². The van der Waals surface area contributed by atoms with E-state index in [1.54, 1.807) is 6.20 Å². The summed E-state index contributed by atoms with van der Waals surface area (Å²) in [7, 11) is 0. The number of carbonyl (C=O) groups excluding carboxylic acids is 1. The van der Waals surface area contributed by atoms with Crippen LogP contribution in [-0.4, -0.2) is 36.9 Å². The van der Waals surface area contributed by atoms with Gasteiger partial charge in [0, 0.05) is 24.4 Å². The van der Waals surface area contributed by atoms with E-state index in [9.17, 15) is 4.79 Å². The van der Waals surface area contributed by atoms with Gasteiger partial charge in [-0.1, -0.05) is 25.1 Å². The second kappa shape index (κ2) is 5.98. The van der Waals surface area contributed by atoms with Crippen LogP contribution in [0.1, 0.15) is 66.5 Å². The summed E-state index contributed by atoms with van der Waals surface area (Å²) in [5, 5.41) is 4.10. The van der Waals surface area contributed by atoms with Crippen molar-refractivity contribution >= 4 is 11.6 Å². The molecule has 1 saturated heterocycles. The van der Waals surface area contributed by atoms with E-state index in [0.29, 0.717) is 24.0 Å². The molecule has 1 atom stereocenters. The molecule has 0 saturated carbocycles. The Kier molecular flexibility index (Phi) is 3.78. The Hall–Kier alpha value is -2.70. The first kappa shape index (κ1) is 15.8. The molecule has 0 unspecified atom stereocenters. The number of pyridine rings is 1. The number of imidazole rings is 1. The summed E-state index contributed by atoms with van der Waals surface area (Å²) in [6.45, 7) is 6.69. The summed E-state index contributed by atoms with van der Waals surface area (Å²) in [5.41, 5.74) is 2.27. The Balaban J connectivity index is 1.64. The highest BCUT2D eigenvalue weighted by Crippen LogP contribution is 2.32. The van der Waals surface area contributed by atoms with E-state index in [4.69, 9.17) is 4.52 Å². The average Bonchev–Trinajstić information content (AvgIpc) is 3.32. The van der Waals surface area contributed by atoms with Gasteiger partial charge >= 0.3 is 0 Å². The number of aryl methyl sites for hydroxylation is 1. The smallest absolute Gasteiger partial charge is 0.274 e. The fourth-order valence-corrected chi connectivity index (χ4v) is 3.29. The maximum absolute atomic E-state index is 13.0. The number of aromatic nitrogens is 4. The Morgan fingerprint density at radius 3 is 2.88 bits per heavy atom. The molecular formula is C18H21N5O2. The van der Waals surface area contributed by atoms with Gasteiger partial charge in [0.1, 0.15) is 11.3 Å². The van der Waals surface area contributed by atoms with Gasteiger partial charge in [0.2, 0.25) is 5.89 Å². The van der Waals surface area contributed by atoms with Crippen LogP contribution in [0.3, 0.4) is 0 Å². The van der Waals surface area contributed by atoms with Gasteiger partial charge in [-0.15, -0.1) is 0 Å². The third-order valence-corrected chi connectivity index (χ3v) is 4.68. The molecule has 3 aromatic heterocycles. The highest BCUT2D eigenvalue weighted by molar-refractivity contribution is 5.93. The number of hydrogen-bond acceptors (Lipinski definition) is 5. The third kappa shape index (κ3) is 2.69. The van der Waals surface area contributed by atoms with Crippen molar-refractivity contribution in [3.8, 4) is 0 Å². The van der Waals surface area contributed by atoms with Gasteiger partial charge in [0.15, 0.2) is 5.82 Å². The lowest BCUT2D eigenvalue weighted by atomic mass is 10.2. The molecule has 4 heterocycles. The predicted octanol–water partition coefficient (Wildman–Crippen LogP) is 3.13. The minimum absolute atomic E-state index is 0.0819. The molecule has 0 aromatic carbocycles. The van der Waals surface area contributed by atoms with Gasteiger partial charge in [-0.25, -0.2) is 4.98 Å². The molecule has 1 aliphatic heterocycles. The van der Waals surface area contributed by atoms with Crippen LogP contribution >= 0.6 is 0 Å². The first-order valence-corrected chi connectivity index (χ1v) is 8.64. The zero-order chi connectivity index (χ0) is 17.6. The minimum atomic E-state index is -0.144. The van der Waals surface area contributed by atoms with Crippen LogP contribution in [0.2, 0.25) is 0 Å². The number of hydrogen-bond donors (Lipinski definition) is 0. The van der Waals surface area contributed by atoms with E-state index in [0.717, 1.165) is 24.2 Å². The average molecular weight is 339 g/mol. The summed E-state index contributed by atoms with van der Waals surface area (Å²) >= 11 is 0. The molecular weight excluding hydrogens is 318 g/mol. The molecule has 25 heavy (non-hydrogen) atoms. The van der Waals surface area contributed by atoms with Crippen molar-refractivity contribution in [1.29, 1.82) is 0 Å². The van der Waals surface area contributed by atoms with Gasteiger partial charge in [-0.2, -0.15) is 4.98 Å². The highest BCUT2D eigenvalue weighted by atomic mass is 16.5. The van der Waals surface area contributed by atoms with E-state index in [1.165, 1.54) is 0 Å². The molecule has 0 radical (unpaired) electrons. The number of amides is 1. The molecule has 7 heteroatoms. The van der Waals surface area contributed by atoms with Crippen LogP contribution in [0.25, 0.3) is 5.65 Å². The van der Waals surface area contributed by atoms with Gasteiger partial charge in [0.25, 0.3) is 5.91 Å². The summed E-state index contributed by atoms with van der Waals surface area (Å²) in [5.74, 6) is 1.29. The molecule has 0 aliphatic carbocycles. The Morgan fingerprint density at radius 1 is 1.32 bits per heavy atom. The predicted molar refractivity (Wildman–Crippen MR) is 91.3 cm³/mol. The van der Waals surface area contributed by atoms with Gasteiger partial charge < -0.3 is 13.8 Å². The molecule has 4 rings (SSSR count). The molecule has 130 valence electrons.